The van der Waals surface area contributed by atoms with Gasteiger partial charge in [0.15, 0.2) is 0 Å². The standard InChI is InChI=1S/C22H26O3/c1-2-3-13-24-21-12-8-7-11-18(21)15-20-19(16-25-22(20)23)14-17-9-5-4-6-10-17/h4-12,19-20H,2-3,13-16H2,1H3/t19-,20+/m0/s1. The van der Waals surface area contributed by atoms with E-state index in [1.54, 1.807) is 0 Å². The van der Waals surface area contributed by atoms with Crippen molar-refractivity contribution in [1.82, 2.24) is 0 Å². The molecule has 1 heterocycles. The van der Waals surface area contributed by atoms with E-state index in [4.69, 9.17) is 9.47 Å². The van der Waals surface area contributed by atoms with Crippen LogP contribution in [-0.2, 0) is 22.4 Å². The van der Waals surface area contributed by atoms with Crippen LogP contribution in [-0.4, -0.2) is 19.2 Å². The van der Waals surface area contributed by atoms with Crippen molar-refractivity contribution >= 4 is 5.97 Å². The van der Waals surface area contributed by atoms with Gasteiger partial charge in [0.25, 0.3) is 0 Å². The van der Waals surface area contributed by atoms with Crippen LogP contribution >= 0.6 is 0 Å². The number of carbonyl (C=O) groups is 1. The van der Waals surface area contributed by atoms with E-state index in [0.29, 0.717) is 13.0 Å². The second kappa shape index (κ2) is 8.70. The van der Waals surface area contributed by atoms with Crippen LogP contribution in [0, 0.1) is 11.8 Å². The van der Waals surface area contributed by atoms with Crippen molar-refractivity contribution in [3.05, 3.63) is 65.7 Å². The Kier molecular flexibility index (Phi) is 6.10. The van der Waals surface area contributed by atoms with Gasteiger partial charge in [-0.05, 0) is 36.5 Å². The fraction of sp³-hybridized carbons (Fsp3) is 0.409. The highest BCUT2D eigenvalue weighted by Gasteiger charge is 2.37. The molecule has 0 unspecified atom stereocenters. The number of benzene rings is 2. The molecule has 0 N–H and O–H groups in total. The molecule has 0 aromatic heterocycles. The van der Waals surface area contributed by atoms with Crippen LogP contribution in [0.1, 0.15) is 30.9 Å². The van der Waals surface area contributed by atoms with E-state index in [9.17, 15) is 4.79 Å². The summed E-state index contributed by atoms with van der Waals surface area (Å²) >= 11 is 0. The number of unbranched alkanes of at least 4 members (excludes halogenated alkanes) is 1. The largest absolute Gasteiger partial charge is 0.493 e. The molecule has 1 fully saturated rings. The summed E-state index contributed by atoms with van der Waals surface area (Å²) in [4.78, 5) is 12.3. The Bertz CT molecular complexity index is 681. The average molecular weight is 338 g/mol. The van der Waals surface area contributed by atoms with Crippen molar-refractivity contribution in [2.45, 2.75) is 32.6 Å². The third-order valence-corrected chi connectivity index (χ3v) is 4.82. The van der Waals surface area contributed by atoms with Gasteiger partial charge in [0.2, 0.25) is 0 Å². The van der Waals surface area contributed by atoms with Crippen LogP contribution in [0.15, 0.2) is 54.6 Å². The Hall–Kier alpha value is -2.29. The molecule has 2 atom stereocenters. The zero-order valence-electron chi connectivity index (χ0n) is 14.8. The molecular weight excluding hydrogens is 312 g/mol. The molecule has 3 rings (SSSR count). The molecule has 2 aromatic carbocycles. The summed E-state index contributed by atoms with van der Waals surface area (Å²) in [6, 6.07) is 18.4. The Morgan fingerprint density at radius 2 is 1.80 bits per heavy atom. The number of cyclic esters (lactones) is 1. The molecule has 2 aromatic rings. The van der Waals surface area contributed by atoms with Gasteiger partial charge in [-0.3, -0.25) is 4.79 Å². The van der Waals surface area contributed by atoms with Crippen molar-refractivity contribution in [2.24, 2.45) is 11.8 Å². The minimum absolute atomic E-state index is 0.0794. The third-order valence-electron chi connectivity index (χ3n) is 4.82. The summed E-state index contributed by atoms with van der Waals surface area (Å²) in [6.45, 7) is 3.38. The first-order valence-electron chi connectivity index (χ1n) is 9.19. The molecule has 0 bridgehead atoms. The maximum atomic E-state index is 12.3. The molecule has 0 aliphatic carbocycles. The van der Waals surface area contributed by atoms with Crippen LogP contribution < -0.4 is 4.74 Å². The lowest BCUT2D eigenvalue weighted by Gasteiger charge is -2.17. The van der Waals surface area contributed by atoms with E-state index in [0.717, 1.165) is 37.2 Å². The first-order valence-corrected chi connectivity index (χ1v) is 9.19. The Balaban J connectivity index is 1.70. The van der Waals surface area contributed by atoms with Gasteiger partial charge in [0.1, 0.15) is 5.75 Å². The summed E-state index contributed by atoms with van der Waals surface area (Å²) in [5.41, 5.74) is 2.35. The summed E-state index contributed by atoms with van der Waals surface area (Å²) in [7, 11) is 0. The third kappa shape index (κ3) is 4.62. The number of carbonyl (C=O) groups excluding carboxylic acids is 1. The number of hydrogen-bond donors (Lipinski definition) is 0. The van der Waals surface area contributed by atoms with Gasteiger partial charge in [0.05, 0.1) is 19.1 Å². The number of hydrogen-bond acceptors (Lipinski definition) is 3. The van der Waals surface area contributed by atoms with Gasteiger partial charge >= 0.3 is 5.97 Å². The minimum Gasteiger partial charge on any atom is -0.493 e. The van der Waals surface area contributed by atoms with Crippen LogP contribution in [0.4, 0.5) is 0 Å². The molecule has 0 saturated carbocycles. The summed E-state index contributed by atoms with van der Waals surface area (Å²) in [5.74, 6) is 0.938. The first-order chi connectivity index (χ1) is 12.3. The highest BCUT2D eigenvalue weighted by molar-refractivity contribution is 5.75. The number of ether oxygens (including phenoxy) is 2. The van der Waals surface area contributed by atoms with E-state index in [-0.39, 0.29) is 17.8 Å². The molecule has 3 heteroatoms. The molecule has 132 valence electrons. The second-order valence-corrected chi connectivity index (χ2v) is 6.70. The quantitative estimate of drug-likeness (QED) is 0.527. The lowest BCUT2D eigenvalue weighted by atomic mass is 9.85. The smallest absolute Gasteiger partial charge is 0.309 e. The summed E-state index contributed by atoms with van der Waals surface area (Å²) in [5, 5.41) is 0. The number of esters is 1. The molecule has 1 aliphatic rings. The monoisotopic (exact) mass is 338 g/mol. The number of rotatable bonds is 8. The predicted octanol–water partition coefficient (Wildman–Crippen LogP) is 4.44. The SMILES string of the molecule is CCCCOc1ccccc1C[C@H]1C(=O)OC[C@@H]1Cc1ccccc1. The number of para-hydroxylation sites is 1. The predicted molar refractivity (Wildman–Crippen MR) is 98.6 cm³/mol. The topological polar surface area (TPSA) is 35.5 Å². The van der Waals surface area contributed by atoms with E-state index in [1.165, 1.54) is 5.56 Å². The van der Waals surface area contributed by atoms with Crippen LogP contribution in [0.2, 0.25) is 0 Å². The van der Waals surface area contributed by atoms with Gasteiger partial charge in [-0.15, -0.1) is 0 Å². The Morgan fingerprint density at radius 1 is 1.04 bits per heavy atom. The highest BCUT2D eigenvalue weighted by Crippen LogP contribution is 2.31. The molecule has 0 amide bonds. The van der Waals surface area contributed by atoms with Gasteiger partial charge in [-0.1, -0.05) is 61.9 Å². The van der Waals surface area contributed by atoms with Crippen molar-refractivity contribution in [3.63, 3.8) is 0 Å². The van der Waals surface area contributed by atoms with Gasteiger partial charge < -0.3 is 9.47 Å². The highest BCUT2D eigenvalue weighted by atomic mass is 16.5. The van der Waals surface area contributed by atoms with Crippen LogP contribution in [0.5, 0.6) is 5.75 Å². The molecular formula is C22H26O3. The van der Waals surface area contributed by atoms with Crippen LogP contribution in [0.25, 0.3) is 0 Å². The summed E-state index contributed by atoms with van der Waals surface area (Å²) in [6.07, 6.45) is 3.70. The van der Waals surface area contributed by atoms with Gasteiger partial charge in [-0.2, -0.15) is 0 Å². The molecule has 1 aliphatic heterocycles. The molecule has 0 spiro atoms. The van der Waals surface area contributed by atoms with E-state index in [1.807, 2.05) is 36.4 Å². The zero-order chi connectivity index (χ0) is 17.5. The average Bonchev–Trinajstić information content (AvgIpc) is 2.97. The molecule has 3 nitrogen and oxygen atoms in total. The van der Waals surface area contributed by atoms with E-state index in [2.05, 4.69) is 25.1 Å². The maximum absolute atomic E-state index is 12.3. The van der Waals surface area contributed by atoms with Crippen LogP contribution in [0.3, 0.4) is 0 Å². The Morgan fingerprint density at radius 3 is 2.60 bits per heavy atom. The lowest BCUT2D eigenvalue weighted by Crippen LogP contribution is -2.21. The maximum Gasteiger partial charge on any atom is 0.309 e. The fourth-order valence-corrected chi connectivity index (χ4v) is 3.35. The molecule has 0 radical (unpaired) electrons. The minimum atomic E-state index is -0.101. The summed E-state index contributed by atoms with van der Waals surface area (Å²) < 4.78 is 11.3. The Labute approximate surface area is 150 Å². The normalized spacial score (nSPS) is 19.6. The molecule has 1 saturated heterocycles. The van der Waals surface area contributed by atoms with Gasteiger partial charge in [-0.25, -0.2) is 0 Å². The molecule has 25 heavy (non-hydrogen) atoms. The van der Waals surface area contributed by atoms with E-state index >= 15 is 0 Å². The first kappa shape index (κ1) is 17.5. The van der Waals surface area contributed by atoms with Crippen molar-refractivity contribution in [2.75, 3.05) is 13.2 Å². The van der Waals surface area contributed by atoms with E-state index < -0.39 is 0 Å². The van der Waals surface area contributed by atoms with Crippen molar-refractivity contribution < 1.29 is 14.3 Å². The zero-order valence-corrected chi connectivity index (χ0v) is 14.8. The second-order valence-electron chi connectivity index (χ2n) is 6.70. The van der Waals surface area contributed by atoms with Crippen molar-refractivity contribution in [3.8, 4) is 5.75 Å². The fourth-order valence-electron chi connectivity index (χ4n) is 3.35. The van der Waals surface area contributed by atoms with Gasteiger partial charge in [0, 0.05) is 5.92 Å². The lowest BCUT2D eigenvalue weighted by molar-refractivity contribution is -0.141. The van der Waals surface area contributed by atoms with Crippen molar-refractivity contribution in [1.29, 1.82) is 0 Å².